The topological polar surface area (TPSA) is 37.3 Å². The van der Waals surface area contributed by atoms with Crippen molar-refractivity contribution >= 4 is 18.0 Å². The van der Waals surface area contributed by atoms with Crippen LogP contribution < -0.4 is 0 Å². The van der Waals surface area contributed by atoms with Crippen LogP contribution in [0.15, 0.2) is 0 Å². The first-order chi connectivity index (χ1) is 4.31. The van der Waals surface area contributed by atoms with Gasteiger partial charge in [-0.05, 0) is 0 Å². The molecule has 0 heterocycles. The molecule has 2 nitrogen and oxygen atoms in total. The van der Waals surface area contributed by atoms with Gasteiger partial charge in [0.05, 0.1) is 6.61 Å². The van der Waals surface area contributed by atoms with E-state index in [0.717, 1.165) is 17.8 Å². The van der Waals surface area contributed by atoms with E-state index in [0.29, 0.717) is 0 Å². The van der Waals surface area contributed by atoms with Gasteiger partial charge in [-0.3, -0.25) is 0 Å². The standard InChI is InChI=1S/C6H12O2S/c1-6(4-8)5-9-3-2-7/h4,6-7H,2-3,5H2,1H3. The van der Waals surface area contributed by atoms with Gasteiger partial charge in [-0.2, -0.15) is 11.8 Å². The Morgan fingerprint density at radius 2 is 2.44 bits per heavy atom. The number of carbonyl (C=O) groups excluding carboxylic acids is 1. The molecular weight excluding hydrogens is 136 g/mol. The van der Waals surface area contributed by atoms with Crippen LogP contribution in [0.1, 0.15) is 6.92 Å². The molecule has 0 rings (SSSR count). The lowest BCUT2D eigenvalue weighted by atomic mass is 10.3. The molecule has 9 heavy (non-hydrogen) atoms. The number of thioether (sulfide) groups is 1. The van der Waals surface area contributed by atoms with Crippen molar-refractivity contribution in [3.05, 3.63) is 0 Å². The zero-order chi connectivity index (χ0) is 7.11. The van der Waals surface area contributed by atoms with E-state index in [1.807, 2.05) is 6.92 Å². The molecule has 0 saturated carbocycles. The highest BCUT2D eigenvalue weighted by atomic mass is 32.2. The summed E-state index contributed by atoms with van der Waals surface area (Å²) in [4.78, 5) is 10.0. The lowest BCUT2D eigenvalue weighted by Crippen LogP contribution is -2.00. The van der Waals surface area contributed by atoms with Crippen LogP contribution in [-0.2, 0) is 4.79 Å². The third kappa shape index (κ3) is 5.86. The summed E-state index contributed by atoms with van der Waals surface area (Å²) in [6, 6.07) is 0. The minimum absolute atomic E-state index is 0.126. The highest BCUT2D eigenvalue weighted by Crippen LogP contribution is 2.04. The first-order valence-electron chi connectivity index (χ1n) is 2.95. The lowest BCUT2D eigenvalue weighted by Gasteiger charge is -1.99. The molecular formula is C6H12O2S. The van der Waals surface area contributed by atoms with Crippen molar-refractivity contribution in [3.8, 4) is 0 Å². The molecule has 0 aromatic rings. The maximum Gasteiger partial charge on any atom is 0.123 e. The number of aliphatic hydroxyl groups excluding tert-OH is 1. The molecule has 1 atom stereocenters. The Morgan fingerprint density at radius 3 is 2.89 bits per heavy atom. The first-order valence-corrected chi connectivity index (χ1v) is 4.10. The normalized spacial score (nSPS) is 13.1. The van der Waals surface area contributed by atoms with Gasteiger partial charge in [0.25, 0.3) is 0 Å². The summed E-state index contributed by atoms with van der Waals surface area (Å²) in [6.45, 7) is 2.08. The molecule has 0 bridgehead atoms. The average molecular weight is 148 g/mol. The van der Waals surface area contributed by atoms with Crippen molar-refractivity contribution in [2.24, 2.45) is 5.92 Å². The van der Waals surface area contributed by atoms with Gasteiger partial charge in [-0.25, -0.2) is 0 Å². The van der Waals surface area contributed by atoms with Crippen LogP contribution in [0.3, 0.4) is 0 Å². The minimum Gasteiger partial charge on any atom is -0.396 e. The van der Waals surface area contributed by atoms with Crippen LogP contribution >= 0.6 is 11.8 Å². The zero-order valence-electron chi connectivity index (χ0n) is 5.54. The molecule has 0 aromatic carbocycles. The van der Waals surface area contributed by atoms with Gasteiger partial charge in [0.1, 0.15) is 6.29 Å². The average Bonchev–Trinajstić information content (AvgIpc) is 1.89. The second-order valence-corrected chi connectivity index (χ2v) is 3.06. The molecule has 3 heteroatoms. The molecule has 1 unspecified atom stereocenters. The molecule has 0 fully saturated rings. The lowest BCUT2D eigenvalue weighted by molar-refractivity contribution is -0.110. The fourth-order valence-corrected chi connectivity index (χ4v) is 1.12. The van der Waals surface area contributed by atoms with Crippen LogP contribution in [0.5, 0.6) is 0 Å². The van der Waals surface area contributed by atoms with E-state index in [1.165, 1.54) is 0 Å². The van der Waals surface area contributed by atoms with Crippen LogP contribution in [-0.4, -0.2) is 29.5 Å². The number of rotatable bonds is 5. The second kappa shape index (κ2) is 6.11. The van der Waals surface area contributed by atoms with Crippen molar-refractivity contribution < 1.29 is 9.90 Å². The molecule has 0 amide bonds. The van der Waals surface area contributed by atoms with Gasteiger partial charge in [-0.1, -0.05) is 6.92 Å². The highest BCUT2D eigenvalue weighted by Gasteiger charge is 1.97. The minimum atomic E-state index is 0.126. The largest absolute Gasteiger partial charge is 0.396 e. The summed E-state index contributed by atoms with van der Waals surface area (Å²) in [6.07, 6.45) is 0.935. The predicted molar refractivity (Wildman–Crippen MR) is 39.6 cm³/mol. The Bertz CT molecular complexity index is 75.5. The smallest absolute Gasteiger partial charge is 0.123 e. The summed E-state index contributed by atoms with van der Waals surface area (Å²) in [5.41, 5.74) is 0. The Kier molecular flexibility index (Phi) is 6.09. The number of hydrogen-bond acceptors (Lipinski definition) is 3. The van der Waals surface area contributed by atoms with Crippen LogP contribution in [0.25, 0.3) is 0 Å². The quantitative estimate of drug-likeness (QED) is 0.457. The Hall–Kier alpha value is -0.0200. The van der Waals surface area contributed by atoms with E-state index in [-0.39, 0.29) is 12.5 Å². The van der Waals surface area contributed by atoms with Gasteiger partial charge >= 0.3 is 0 Å². The van der Waals surface area contributed by atoms with E-state index in [4.69, 9.17) is 5.11 Å². The molecule has 0 aromatic heterocycles. The third-order valence-electron chi connectivity index (χ3n) is 0.849. The van der Waals surface area contributed by atoms with Crippen molar-refractivity contribution in [1.82, 2.24) is 0 Å². The predicted octanol–water partition coefficient (Wildman–Crippen LogP) is 0.547. The van der Waals surface area contributed by atoms with Gasteiger partial charge in [0.15, 0.2) is 0 Å². The molecule has 0 spiro atoms. The number of carbonyl (C=O) groups is 1. The summed E-state index contributed by atoms with van der Waals surface area (Å²) in [5.74, 6) is 1.68. The van der Waals surface area contributed by atoms with E-state index in [1.54, 1.807) is 11.8 Å². The summed E-state index contributed by atoms with van der Waals surface area (Å²) < 4.78 is 0. The summed E-state index contributed by atoms with van der Waals surface area (Å²) >= 11 is 1.60. The van der Waals surface area contributed by atoms with Gasteiger partial charge in [0, 0.05) is 17.4 Å². The van der Waals surface area contributed by atoms with Crippen LogP contribution in [0, 0.1) is 5.92 Å². The second-order valence-electron chi connectivity index (χ2n) is 1.91. The van der Waals surface area contributed by atoms with E-state index in [2.05, 4.69) is 0 Å². The number of aliphatic hydroxyl groups is 1. The van der Waals surface area contributed by atoms with Crippen molar-refractivity contribution in [2.75, 3.05) is 18.1 Å². The fourth-order valence-electron chi connectivity index (χ4n) is 0.373. The van der Waals surface area contributed by atoms with Crippen molar-refractivity contribution in [2.45, 2.75) is 6.92 Å². The van der Waals surface area contributed by atoms with Crippen LogP contribution in [0.2, 0.25) is 0 Å². The summed E-state index contributed by atoms with van der Waals surface area (Å²) in [5, 5.41) is 8.34. The van der Waals surface area contributed by atoms with Gasteiger partial charge < -0.3 is 9.90 Å². The van der Waals surface area contributed by atoms with E-state index in [9.17, 15) is 4.79 Å². The molecule has 0 aliphatic heterocycles. The van der Waals surface area contributed by atoms with E-state index >= 15 is 0 Å². The SMILES string of the molecule is CC(C=O)CSCCO. The molecule has 1 N–H and O–H groups in total. The zero-order valence-corrected chi connectivity index (χ0v) is 6.36. The van der Waals surface area contributed by atoms with Crippen molar-refractivity contribution in [3.63, 3.8) is 0 Å². The Labute approximate surface area is 59.6 Å². The third-order valence-corrected chi connectivity index (χ3v) is 2.08. The summed E-state index contributed by atoms with van der Waals surface area (Å²) in [7, 11) is 0. The van der Waals surface area contributed by atoms with Gasteiger partial charge in [-0.15, -0.1) is 0 Å². The number of hydrogen-bond donors (Lipinski definition) is 1. The highest BCUT2D eigenvalue weighted by molar-refractivity contribution is 7.99. The Morgan fingerprint density at radius 1 is 1.78 bits per heavy atom. The molecule has 54 valence electrons. The Balaban J connectivity index is 2.96. The molecule has 0 saturated heterocycles. The number of aldehydes is 1. The monoisotopic (exact) mass is 148 g/mol. The van der Waals surface area contributed by atoms with Gasteiger partial charge in [0.2, 0.25) is 0 Å². The maximum absolute atomic E-state index is 10.0. The fraction of sp³-hybridized carbons (Fsp3) is 0.833. The van der Waals surface area contributed by atoms with Crippen LogP contribution in [0.4, 0.5) is 0 Å². The molecule has 0 aliphatic carbocycles. The van der Waals surface area contributed by atoms with Crippen molar-refractivity contribution in [1.29, 1.82) is 0 Å². The maximum atomic E-state index is 10.0. The first kappa shape index (κ1) is 8.98. The molecule has 0 radical (unpaired) electrons. The molecule has 0 aliphatic rings. The van der Waals surface area contributed by atoms with E-state index < -0.39 is 0 Å².